The molecule has 0 radical (unpaired) electrons. The number of hydrogen-bond acceptors (Lipinski definition) is 4. The summed E-state index contributed by atoms with van der Waals surface area (Å²) < 4.78 is 11.2. The van der Waals surface area contributed by atoms with Crippen LogP contribution in [-0.4, -0.2) is 47.8 Å². The van der Waals surface area contributed by atoms with Crippen LogP contribution in [0.3, 0.4) is 0 Å². The number of urea groups is 1. The van der Waals surface area contributed by atoms with Crippen molar-refractivity contribution in [3.8, 4) is 11.5 Å². The molecule has 2 atom stereocenters. The first-order valence-corrected chi connectivity index (χ1v) is 8.71. The molecule has 2 heterocycles. The second-order valence-electron chi connectivity index (χ2n) is 6.65. The van der Waals surface area contributed by atoms with E-state index in [4.69, 9.17) is 9.15 Å². The van der Waals surface area contributed by atoms with Crippen LogP contribution in [0.2, 0.25) is 0 Å². The van der Waals surface area contributed by atoms with Crippen molar-refractivity contribution in [2.24, 2.45) is 0 Å². The lowest BCUT2D eigenvalue weighted by Gasteiger charge is -2.35. The number of ether oxygens (including phenoxy) is 1. The topological polar surface area (TPSA) is 67.6 Å². The van der Waals surface area contributed by atoms with E-state index in [-0.39, 0.29) is 18.2 Å². The summed E-state index contributed by atoms with van der Waals surface area (Å²) in [5, 5.41) is 2.95. The number of morpholine rings is 1. The van der Waals surface area contributed by atoms with Gasteiger partial charge in [-0.25, -0.2) is 9.78 Å². The zero-order valence-corrected chi connectivity index (χ0v) is 15.0. The van der Waals surface area contributed by atoms with Crippen molar-refractivity contribution >= 4 is 6.03 Å². The van der Waals surface area contributed by atoms with Gasteiger partial charge in [-0.2, -0.15) is 0 Å². The lowest BCUT2D eigenvalue weighted by molar-refractivity contribution is -0.0544. The number of benzene rings is 1. The van der Waals surface area contributed by atoms with Crippen molar-refractivity contribution in [1.82, 2.24) is 15.2 Å². The number of oxazole rings is 1. The summed E-state index contributed by atoms with van der Waals surface area (Å²) in [5.41, 5.74) is 2.99. The molecule has 1 aromatic heterocycles. The number of hydrogen-bond donors (Lipinski definition) is 1. The SMILES string of the molecule is Cc1ccc(-c2nc(CCNC(=O)N3CC(C)OC(C)C3)co2)cc1. The van der Waals surface area contributed by atoms with Crippen LogP contribution in [0.5, 0.6) is 0 Å². The molecule has 0 aliphatic carbocycles. The van der Waals surface area contributed by atoms with Crippen molar-refractivity contribution in [2.75, 3.05) is 19.6 Å². The van der Waals surface area contributed by atoms with Gasteiger partial charge in [-0.1, -0.05) is 17.7 Å². The molecule has 3 rings (SSSR count). The van der Waals surface area contributed by atoms with E-state index in [1.165, 1.54) is 5.56 Å². The Morgan fingerprint density at radius 1 is 1.24 bits per heavy atom. The van der Waals surface area contributed by atoms with Gasteiger partial charge in [0.2, 0.25) is 5.89 Å². The third kappa shape index (κ3) is 4.60. The number of rotatable bonds is 4. The molecule has 0 bridgehead atoms. The average Bonchev–Trinajstić information content (AvgIpc) is 3.03. The van der Waals surface area contributed by atoms with E-state index in [0.29, 0.717) is 31.9 Å². The number of aromatic nitrogens is 1. The van der Waals surface area contributed by atoms with Crippen LogP contribution < -0.4 is 5.32 Å². The molecule has 2 aromatic rings. The van der Waals surface area contributed by atoms with E-state index in [2.05, 4.69) is 10.3 Å². The van der Waals surface area contributed by atoms with Crippen LogP contribution in [0.25, 0.3) is 11.5 Å². The first kappa shape index (κ1) is 17.5. The smallest absolute Gasteiger partial charge is 0.317 e. The molecule has 1 saturated heterocycles. The Kier molecular flexibility index (Phi) is 5.38. The lowest BCUT2D eigenvalue weighted by Crippen LogP contribution is -2.51. The fraction of sp³-hybridized carbons (Fsp3) is 0.474. The highest BCUT2D eigenvalue weighted by atomic mass is 16.5. The van der Waals surface area contributed by atoms with Crippen molar-refractivity contribution in [2.45, 2.75) is 39.4 Å². The Labute approximate surface area is 148 Å². The van der Waals surface area contributed by atoms with E-state index in [1.807, 2.05) is 45.0 Å². The van der Waals surface area contributed by atoms with Crippen molar-refractivity contribution in [3.05, 3.63) is 41.8 Å². The summed E-state index contributed by atoms with van der Waals surface area (Å²) >= 11 is 0. The second kappa shape index (κ2) is 7.70. The second-order valence-corrected chi connectivity index (χ2v) is 6.65. The van der Waals surface area contributed by atoms with Gasteiger partial charge in [0.05, 0.1) is 17.9 Å². The van der Waals surface area contributed by atoms with Crippen LogP contribution in [-0.2, 0) is 11.2 Å². The maximum atomic E-state index is 12.3. The highest BCUT2D eigenvalue weighted by Gasteiger charge is 2.25. The molecule has 6 heteroatoms. The molecule has 1 aliphatic rings. The lowest BCUT2D eigenvalue weighted by atomic mass is 10.1. The normalized spacial score (nSPS) is 20.5. The molecular formula is C19H25N3O3. The molecule has 1 aliphatic heterocycles. The minimum Gasteiger partial charge on any atom is -0.444 e. The molecule has 1 fully saturated rings. The maximum absolute atomic E-state index is 12.3. The summed E-state index contributed by atoms with van der Waals surface area (Å²) in [7, 11) is 0. The van der Waals surface area contributed by atoms with Crippen LogP contribution in [0.15, 0.2) is 34.9 Å². The van der Waals surface area contributed by atoms with E-state index in [9.17, 15) is 4.79 Å². The molecule has 25 heavy (non-hydrogen) atoms. The van der Waals surface area contributed by atoms with Gasteiger partial charge >= 0.3 is 6.03 Å². The Morgan fingerprint density at radius 3 is 2.60 bits per heavy atom. The predicted octanol–water partition coefficient (Wildman–Crippen LogP) is 3.01. The Bertz CT molecular complexity index is 701. The first-order valence-electron chi connectivity index (χ1n) is 8.71. The zero-order valence-electron chi connectivity index (χ0n) is 15.0. The number of amides is 2. The number of aryl methyl sites for hydroxylation is 1. The van der Waals surface area contributed by atoms with E-state index in [1.54, 1.807) is 11.2 Å². The van der Waals surface area contributed by atoms with Gasteiger partial charge in [0.15, 0.2) is 0 Å². The van der Waals surface area contributed by atoms with Crippen LogP contribution in [0, 0.1) is 6.92 Å². The summed E-state index contributed by atoms with van der Waals surface area (Å²) in [6.07, 6.45) is 2.43. The summed E-state index contributed by atoms with van der Waals surface area (Å²) in [6, 6.07) is 8.00. The molecular weight excluding hydrogens is 318 g/mol. The maximum Gasteiger partial charge on any atom is 0.317 e. The standard InChI is InChI=1S/C19H25N3O3/c1-13-4-6-16(7-5-13)18-21-17(12-24-18)8-9-20-19(23)22-10-14(2)25-15(3)11-22/h4-7,12,14-15H,8-11H2,1-3H3,(H,20,23). The monoisotopic (exact) mass is 343 g/mol. The summed E-state index contributed by atoms with van der Waals surface area (Å²) in [5.74, 6) is 0.608. The molecule has 1 aromatic carbocycles. The van der Waals surface area contributed by atoms with Crippen molar-refractivity contribution in [1.29, 1.82) is 0 Å². The van der Waals surface area contributed by atoms with E-state index < -0.39 is 0 Å². The zero-order chi connectivity index (χ0) is 17.8. The third-order valence-corrected chi connectivity index (χ3v) is 4.21. The number of nitrogens with one attached hydrogen (secondary N) is 1. The van der Waals surface area contributed by atoms with Crippen LogP contribution >= 0.6 is 0 Å². The van der Waals surface area contributed by atoms with Gasteiger partial charge < -0.3 is 19.4 Å². The largest absolute Gasteiger partial charge is 0.444 e. The Morgan fingerprint density at radius 2 is 1.92 bits per heavy atom. The van der Waals surface area contributed by atoms with Gasteiger partial charge in [0.1, 0.15) is 6.26 Å². The van der Waals surface area contributed by atoms with Gasteiger partial charge in [-0.3, -0.25) is 0 Å². The molecule has 6 nitrogen and oxygen atoms in total. The molecule has 0 spiro atoms. The minimum atomic E-state index is -0.0516. The predicted molar refractivity (Wildman–Crippen MR) is 95.4 cm³/mol. The van der Waals surface area contributed by atoms with E-state index in [0.717, 1.165) is 11.3 Å². The molecule has 134 valence electrons. The van der Waals surface area contributed by atoms with E-state index >= 15 is 0 Å². The third-order valence-electron chi connectivity index (χ3n) is 4.21. The number of carbonyl (C=O) groups is 1. The Hall–Kier alpha value is -2.34. The van der Waals surface area contributed by atoms with Crippen molar-refractivity contribution < 1.29 is 13.9 Å². The summed E-state index contributed by atoms with van der Waals surface area (Å²) in [6.45, 7) is 7.79. The number of carbonyl (C=O) groups excluding carboxylic acids is 1. The minimum absolute atomic E-state index is 0.0516. The van der Waals surface area contributed by atoms with Gasteiger partial charge in [-0.05, 0) is 32.9 Å². The molecule has 2 amide bonds. The average molecular weight is 343 g/mol. The van der Waals surface area contributed by atoms with Crippen molar-refractivity contribution in [3.63, 3.8) is 0 Å². The van der Waals surface area contributed by atoms with Crippen LogP contribution in [0.1, 0.15) is 25.1 Å². The van der Waals surface area contributed by atoms with Gasteiger partial charge in [-0.15, -0.1) is 0 Å². The van der Waals surface area contributed by atoms with Crippen LogP contribution in [0.4, 0.5) is 4.79 Å². The Balaban J connectivity index is 1.49. The molecule has 2 unspecified atom stereocenters. The fourth-order valence-corrected chi connectivity index (χ4v) is 3.00. The first-order chi connectivity index (χ1) is 12.0. The quantitative estimate of drug-likeness (QED) is 0.927. The highest BCUT2D eigenvalue weighted by molar-refractivity contribution is 5.74. The summed E-state index contributed by atoms with van der Waals surface area (Å²) in [4.78, 5) is 18.6. The highest BCUT2D eigenvalue weighted by Crippen LogP contribution is 2.19. The molecule has 0 saturated carbocycles. The number of nitrogens with zero attached hydrogens (tertiary/aromatic N) is 2. The fourth-order valence-electron chi connectivity index (χ4n) is 3.00. The van der Waals surface area contributed by atoms with Gasteiger partial charge in [0, 0.05) is 31.6 Å². The van der Waals surface area contributed by atoms with Gasteiger partial charge in [0.25, 0.3) is 0 Å². The molecule has 1 N–H and O–H groups in total.